The topological polar surface area (TPSA) is 71.5 Å². The molecule has 0 saturated carbocycles. The Labute approximate surface area is 168 Å². The van der Waals surface area contributed by atoms with E-state index in [4.69, 9.17) is 16.3 Å². The van der Waals surface area contributed by atoms with Gasteiger partial charge in [0.05, 0.1) is 13.2 Å². The van der Waals surface area contributed by atoms with Gasteiger partial charge in [-0.15, -0.1) is 11.3 Å². The van der Waals surface area contributed by atoms with Gasteiger partial charge in [-0.05, 0) is 31.5 Å². The Morgan fingerprint density at radius 3 is 2.81 bits per heavy atom. The van der Waals surface area contributed by atoms with Gasteiger partial charge in [-0.2, -0.15) is 0 Å². The van der Waals surface area contributed by atoms with Crippen LogP contribution in [-0.2, 0) is 11.3 Å². The number of thiazole rings is 1. The van der Waals surface area contributed by atoms with Gasteiger partial charge in [0.25, 0.3) is 0 Å². The molecule has 0 saturated heterocycles. The average molecular weight is 410 g/mol. The van der Waals surface area contributed by atoms with Crippen LogP contribution in [0.4, 0.5) is 10.5 Å². The van der Waals surface area contributed by atoms with Crippen molar-refractivity contribution in [2.24, 2.45) is 0 Å². The maximum atomic E-state index is 12.7. The molecule has 6 nitrogen and oxygen atoms in total. The molecule has 0 bridgehead atoms. The lowest BCUT2D eigenvalue weighted by Crippen LogP contribution is -2.35. The van der Waals surface area contributed by atoms with E-state index in [9.17, 15) is 9.59 Å². The number of nitrogens with one attached hydrogen (secondary N) is 1. The second-order valence-electron chi connectivity index (χ2n) is 5.92. The van der Waals surface area contributed by atoms with Gasteiger partial charge in [-0.1, -0.05) is 37.4 Å². The number of unbranched alkanes of at least 4 members (excludes halogenated alkanes) is 2. The minimum absolute atomic E-state index is 0.221. The lowest BCUT2D eigenvalue weighted by Gasteiger charge is -2.22. The number of ether oxygens (including phenoxy) is 1. The molecule has 0 spiro atoms. The number of carbonyl (C=O) groups is 2. The van der Waals surface area contributed by atoms with Gasteiger partial charge in [0, 0.05) is 22.6 Å². The van der Waals surface area contributed by atoms with E-state index in [1.807, 2.05) is 0 Å². The maximum absolute atomic E-state index is 12.7. The van der Waals surface area contributed by atoms with Crippen LogP contribution >= 0.6 is 22.9 Å². The van der Waals surface area contributed by atoms with Crippen molar-refractivity contribution in [1.29, 1.82) is 0 Å². The number of rotatable bonds is 9. The first kappa shape index (κ1) is 21.2. The highest BCUT2D eigenvalue weighted by molar-refractivity contribution is 7.09. The normalized spacial score (nSPS) is 10.5. The molecular formula is C19H24ClN3O3S. The SMILES string of the molecule is CCCCCN(Cc1nc(C(=O)OCC)cs1)C(=O)Nc1cccc(Cl)c1. The average Bonchev–Trinajstić information content (AvgIpc) is 3.10. The first-order valence-electron chi connectivity index (χ1n) is 8.96. The molecule has 1 N–H and O–H groups in total. The second-order valence-corrected chi connectivity index (χ2v) is 7.30. The third-order valence-corrected chi connectivity index (χ3v) is 4.83. The van der Waals surface area contributed by atoms with Crippen molar-refractivity contribution < 1.29 is 14.3 Å². The fourth-order valence-electron chi connectivity index (χ4n) is 2.42. The number of halogens is 1. The summed E-state index contributed by atoms with van der Waals surface area (Å²) in [5.74, 6) is -0.444. The van der Waals surface area contributed by atoms with Crippen LogP contribution in [0, 0.1) is 0 Å². The molecule has 2 aromatic rings. The highest BCUT2D eigenvalue weighted by Gasteiger charge is 2.18. The van der Waals surface area contributed by atoms with Crippen LogP contribution in [-0.4, -0.2) is 35.0 Å². The molecule has 8 heteroatoms. The quantitative estimate of drug-likeness (QED) is 0.456. The molecule has 2 rings (SSSR count). The Bertz CT molecular complexity index is 766. The zero-order chi connectivity index (χ0) is 19.6. The number of carbonyl (C=O) groups excluding carboxylic acids is 2. The van der Waals surface area contributed by atoms with E-state index >= 15 is 0 Å². The summed E-state index contributed by atoms with van der Waals surface area (Å²) in [5.41, 5.74) is 0.917. The van der Waals surface area contributed by atoms with Gasteiger partial charge in [0.15, 0.2) is 5.69 Å². The zero-order valence-corrected chi connectivity index (χ0v) is 17.1. The van der Waals surface area contributed by atoms with Crippen molar-refractivity contribution >= 4 is 40.6 Å². The number of aromatic nitrogens is 1. The maximum Gasteiger partial charge on any atom is 0.357 e. The lowest BCUT2D eigenvalue weighted by atomic mass is 10.2. The van der Waals surface area contributed by atoms with E-state index < -0.39 is 5.97 Å². The van der Waals surface area contributed by atoms with Gasteiger partial charge in [-0.3, -0.25) is 0 Å². The summed E-state index contributed by atoms with van der Waals surface area (Å²) in [6.45, 7) is 5.11. The van der Waals surface area contributed by atoms with Crippen LogP contribution in [0.25, 0.3) is 0 Å². The number of nitrogens with zero attached hydrogens (tertiary/aromatic N) is 2. The largest absolute Gasteiger partial charge is 0.461 e. The first-order chi connectivity index (χ1) is 13.0. The minimum atomic E-state index is -0.444. The molecule has 0 unspecified atom stereocenters. The van der Waals surface area contributed by atoms with Crippen LogP contribution in [0.5, 0.6) is 0 Å². The fourth-order valence-corrected chi connectivity index (χ4v) is 3.39. The summed E-state index contributed by atoms with van der Waals surface area (Å²) < 4.78 is 4.96. The third kappa shape index (κ3) is 6.84. The summed E-state index contributed by atoms with van der Waals surface area (Å²) in [7, 11) is 0. The molecule has 0 aliphatic rings. The summed E-state index contributed by atoms with van der Waals surface area (Å²) in [4.78, 5) is 30.5. The number of hydrogen-bond donors (Lipinski definition) is 1. The van der Waals surface area contributed by atoms with E-state index in [0.717, 1.165) is 19.3 Å². The van der Waals surface area contributed by atoms with Crippen molar-refractivity contribution in [3.05, 3.63) is 45.4 Å². The van der Waals surface area contributed by atoms with Crippen LogP contribution in [0.1, 0.15) is 48.6 Å². The highest BCUT2D eigenvalue weighted by atomic mass is 35.5. The molecule has 0 fully saturated rings. The molecule has 0 aliphatic carbocycles. The summed E-state index contributed by atoms with van der Waals surface area (Å²) in [5, 5.41) is 5.78. The van der Waals surface area contributed by atoms with Crippen molar-refractivity contribution in [3.63, 3.8) is 0 Å². The van der Waals surface area contributed by atoms with E-state index in [2.05, 4.69) is 17.2 Å². The molecule has 146 valence electrons. The Morgan fingerprint density at radius 1 is 1.30 bits per heavy atom. The van der Waals surface area contributed by atoms with Crippen LogP contribution in [0.2, 0.25) is 5.02 Å². The Kier molecular flexibility index (Phi) is 8.54. The number of hydrogen-bond acceptors (Lipinski definition) is 5. The molecular weight excluding hydrogens is 386 g/mol. The molecule has 2 amide bonds. The minimum Gasteiger partial charge on any atom is -0.461 e. The molecule has 0 atom stereocenters. The van der Waals surface area contributed by atoms with Crippen LogP contribution in [0.3, 0.4) is 0 Å². The van der Waals surface area contributed by atoms with Gasteiger partial charge < -0.3 is 15.0 Å². The Balaban J connectivity index is 2.06. The van der Waals surface area contributed by atoms with Crippen molar-refractivity contribution in [2.45, 2.75) is 39.7 Å². The molecule has 1 aromatic carbocycles. The Hall–Kier alpha value is -2.12. The predicted octanol–water partition coefficient (Wildman–Crippen LogP) is 5.20. The standard InChI is InChI=1S/C19H24ClN3O3S/c1-3-5-6-10-23(19(25)21-15-9-7-8-14(20)11-15)12-17-22-16(13-27-17)18(24)26-4-2/h7-9,11,13H,3-6,10,12H2,1-2H3,(H,21,25). The second kappa shape index (κ2) is 10.9. The van der Waals surface area contributed by atoms with E-state index in [1.54, 1.807) is 41.5 Å². The number of urea groups is 1. The zero-order valence-electron chi connectivity index (χ0n) is 15.5. The van der Waals surface area contributed by atoms with Gasteiger partial charge >= 0.3 is 12.0 Å². The van der Waals surface area contributed by atoms with Gasteiger partial charge in [-0.25, -0.2) is 14.6 Å². The van der Waals surface area contributed by atoms with Crippen molar-refractivity contribution in [3.8, 4) is 0 Å². The van der Waals surface area contributed by atoms with Gasteiger partial charge in [0.2, 0.25) is 0 Å². The number of amides is 2. The molecule has 0 radical (unpaired) electrons. The molecule has 27 heavy (non-hydrogen) atoms. The Morgan fingerprint density at radius 2 is 2.11 bits per heavy atom. The summed E-state index contributed by atoms with van der Waals surface area (Å²) in [6, 6.07) is 6.80. The molecule has 0 aliphatic heterocycles. The van der Waals surface area contributed by atoms with Crippen LogP contribution < -0.4 is 5.32 Å². The monoisotopic (exact) mass is 409 g/mol. The van der Waals surface area contributed by atoms with E-state index in [-0.39, 0.29) is 11.7 Å². The number of benzene rings is 1. The highest BCUT2D eigenvalue weighted by Crippen LogP contribution is 2.18. The molecule has 1 aromatic heterocycles. The lowest BCUT2D eigenvalue weighted by molar-refractivity contribution is 0.0520. The third-order valence-electron chi connectivity index (χ3n) is 3.76. The number of anilines is 1. The molecule has 1 heterocycles. The smallest absolute Gasteiger partial charge is 0.357 e. The first-order valence-corrected chi connectivity index (χ1v) is 10.2. The summed E-state index contributed by atoms with van der Waals surface area (Å²) in [6.07, 6.45) is 3.00. The van der Waals surface area contributed by atoms with E-state index in [0.29, 0.717) is 35.4 Å². The predicted molar refractivity (Wildman–Crippen MR) is 108 cm³/mol. The van der Waals surface area contributed by atoms with E-state index in [1.165, 1.54) is 11.3 Å². The van der Waals surface area contributed by atoms with Crippen molar-refractivity contribution in [2.75, 3.05) is 18.5 Å². The van der Waals surface area contributed by atoms with Gasteiger partial charge in [0.1, 0.15) is 5.01 Å². The fraction of sp³-hybridized carbons (Fsp3) is 0.421. The number of esters is 1. The summed E-state index contributed by atoms with van der Waals surface area (Å²) >= 11 is 7.32. The van der Waals surface area contributed by atoms with Crippen molar-refractivity contribution in [1.82, 2.24) is 9.88 Å². The van der Waals surface area contributed by atoms with Crippen LogP contribution in [0.15, 0.2) is 29.6 Å².